The predicted molar refractivity (Wildman–Crippen MR) is 66.8 cm³/mol. The molecular formula is C11H15N3O4. The number of hydrogen-bond acceptors (Lipinski definition) is 5. The number of nitro benzene ring substituents is 1. The van der Waals surface area contributed by atoms with Crippen molar-refractivity contribution in [1.29, 1.82) is 0 Å². The molecule has 18 heavy (non-hydrogen) atoms. The summed E-state index contributed by atoms with van der Waals surface area (Å²) in [4.78, 5) is 20.9. The molecule has 0 bridgehead atoms. The molecule has 0 unspecified atom stereocenters. The van der Waals surface area contributed by atoms with Gasteiger partial charge in [-0.05, 0) is 0 Å². The van der Waals surface area contributed by atoms with Gasteiger partial charge in [-0.15, -0.1) is 0 Å². The first-order valence-electron chi connectivity index (χ1n) is 5.34. The quantitative estimate of drug-likeness (QED) is 0.450. The number of hydrogen-bond donors (Lipinski definition) is 2. The standard InChI is InChI=1S/C11H15N3O4/c1-8(15)12-3-4-13-9-5-10(14(16)17)7-11(6-9)18-2/h5-7,13H,3-4H2,1-2H3,(H,12,15). The van der Waals surface area contributed by atoms with E-state index in [1.54, 1.807) is 6.07 Å². The molecular weight excluding hydrogens is 238 g/mol. The Kier molecular flexibility index (Phi) is 4.91. The number of methoxy groups -OCH3 is 1. The molecule has 0 atom stereocenters. The average molecular weight is 253 g/mol. The van der Waals surface area contributed by atoms with E-state index in [-0.39, 0.29) is 11.6 Å². The van der Waals surface area contributed by atoms with E-state index in [0.717, 1.165) is 0 Å². The van der Waals surface area contributed by atoms with E-state index in [1.807, 2.05) is 0 Å². The average Bonchev–Trinajstić information content (AvgIpc) is 2.34. The molecule has 98 valence electrons. The van der Waals surface area contributed by atoms with Gasteiger partial charge in [0.25, 0.3) is 5.69 Å². The van der Waals surface area contributed by atoms with Crippen molar-refractivity contribution in [2.45, 2.75) is 6.92 Å². The molecule has 0 aliphatic carbocycles. The van der Waals surface area contributed by atoms with Crippen LogP contribution in [0.2, 0.25) is 0 Å². The molecule has 0 fully saturated rings. The molecule has 0 radical (unpaired) electrons. The molecule has 0 aromatic heterocycles. The fourth-order valence-corrected chi connectivity index (χ4v) is 1.35. The molecule has 1 aromatic rings. The van der Waals surface area contributed by atoms with Gasteiger partial charge >= 0.3 is 0 Å². The predicted octanol–water partition coefficient (Wildman–Crippen LogP) is 1.15. The van der Waals surface area contributed by atoms with Gasteiger partial charge in [-0.1, -0.05) is 0 Å². The Morgan fingerprint density at radius 2 is 2.11 bits per heavy atom. The number of amides is 1. The minimum atomic E-state index is -0.485. The lowest BCUT2D eigenvalue weighted by molar-refractivity contribution is -0.384. The molecule has 2 N–H and O–H groups in total. The molecule has 0 aliphatic rings. The monoisotopic (exact) mass is 253 g/mol. The van der Waals surface area contributed by atoms with Gasteiger partial charge < -0.3 is 15.4 Å². The van der Waals surface area contributed by atoms with Crippen molar-refractivity contribution in [2.75, 3.05) is 25.5 Å². The van der Waals surface area contributed by atoms with E-state index in [2.05, 4.69) is 10.6 Å². The molecule has 1 aromatic carbocycles. The van der Waals surface area contributed by atoms with Gasteiger partial charge in [0.15, 0.2) is 0 Å². The van der Waals surface area contributed by atoms with Crippen LogP contribution in [0.3, 0.4) is 0 Å². The first-order valence-corrected chi connectivity index (χ1v) is 5.34. The van der Waals surface area contributed by atoms with Crippen LogP contribution in [0.1, 0.15) is 6.92 Å². The van der Waals surface area contributed by atoms with Crippen molar-refractivity contribution in [2.24, 2.45) is 0 Å². The summed E-state index contributed by atoms with van der Waals surface area (Å²) >= 11 is 0. The minimum absolute atomic E-state index is 0.0450. The summed E-state index contributed by atoms with van der Waals surface area (Å²) in [6.45, 7) is 2.35. The second-order valence-corrected chi connectivity index (χ2v) is 3.59. The number of nitrogens with one attached hydrogen (secondary N) is 2. The van der Waals surface area contributed by atoms with Gasteiger partial charge in [0.1, 0.15) is 5.75 Å². The Morgan fingerprint density at radius 3 is 2.67 bits per heavy atom. The zero-order valence-electron chi connectivity index (χ0n) is 10.2. The second-order valence-electron chi connectivity index (χ2n) is 3.59. The molecule has 0 spiro atoms. The zero-order valence-corrected chi connectivity index (χ0v) is 10.2. The fraction of sp³-hybridized carbons (Fsp3) is 0.364. The molecule has 1 rings (SSSR count). The highest BCUT2D eigenvalue weighted by molar-refractivity contribution is 5.72. The normalized spacial score (nSPS) is 9.67. The third-order valence-corrected chi connectivity index (χ3v) is 2.17. The van der Waals surface area contributed by atoms with Crippen LogP contribution in [-0.4, -0.2) is 31.0 Å². The van der Waals surface area contributed by atoms with Crippen LogP contribution in [0, 0.1) is 10.1 Å². The lowest BCUT2D eigenvalue weighted by Gasteiger charge is -2.08. The summed E-state index contributed by atoms with van der Waals surface area (Å²) < 4.78 is 4.98. The van der Waals surface area contributed by atoms with Gasteiger partial charge in [0.05, 0.1) is 18.1 Å². The molecule has 0 saturated carbocycles. The Labute approximate surface area is 104 Å². The van der Waals surface area contributed by atoms with Gasteiger partial charge in [0.2, 0.25) is 5.91 Å². The van der Waals surface area contributed by atoms with Crippen LogP contribution in [0.25, 0.3) is 0 Å². The Balaban J connectivity index is 2.66. The first kappa shape index (κ1) is 13.8. The van der Waals surface area contributed by atoms with Crippen molar-refractivity contribution < 1.29 is 14.5 Å². The van der Waals surface area contributed by atoms with E-state index >= 15 is 0 Å². The van der Waals surface area contributed by atoms with Gasteiger partial charge in [-0.2, -0.15) is 0 Å². The molecule has 0 aliphatic heterocycles. The number of nitrogens with zero attached hydrogens (tertiary/aromatic N) is 1. The van der Waals surface area contributed by atoms with Crippen molar-refractivity contribution >= 4 is 17.3 Å². The summed E-state index contributed by atoms with van der Waals surface area (Å²) in [7, 11) is 1.44. The smallest absolute Gasteiger partial charge is 0.275 e. The van der Waals surface area contributed by atoms with Gasteiger partial charge in [0, 0.05) is 37.8 Å². The highest BCUT2D eigenvalue weighted by Gasteiger charge is 2.09. The van der Waals surface area contributed by atoms with Crippen molar-refractivity contribution in [3.8, 4) is 5.75 Å². The number of benzene rings is 1. The van der Waals surface area contributed by atoms with Crippen LogP contribution < -0.4 is 15.4 Å². The Bertz CT molecular complexity index is 448. The van der Waals surface area contributed by atoms with Crippen LogP contribution in [0.4, 0.5) is 11.4 Å². The lowest BCUT2D eigenvalue weighted by Crippen LogP contribution is -2.26. The number of rotatable bonds is 6. The van der Waals surface area contributed by atoms with E-state index in [9.17, 15) is 14.9 Å². The minimum Gasteiger partial charge on any atom is -0.496 e. The molecule has 0 heterocycles. The maximum absolute atomic E-state index is 10.7. The van der Waals surface area contributed by atoms with Crippen molar-refractivity contribution in [3.05, 3.63) is 28.3 Å². The fourth-order valence-electron chi connectivity index (χ4n) is 1.35. The zero-order chi connectivity index (χ0) is 13.5. The largest absolute Gasteiger partial charge is 0.496 e. The van der Waals surface area contributed by atoms with Crippen LogP contribution >= 0.6 is 0 Å². The topological polar surface area (TPSA) is 93.5 Å². The van der Waals surface area contributed by atoms with Gasteiger partial charge in [-0.3, -0.25) is 14.9 Å². The SMILES string of the molecule is COc1cc(NCCNC(C)=O)cc([N+](=O)[O-])c1. The molecule has 0 saturated heterocycles. The second kappa shape index (κ2) is 6.43. The number of anilines is 1. The number of non-ortho nitro benzene ring substituents is 1. The van der Waals surface area contributed by atoms with Gasteiger partial charge in [-0.25, -0.2) is 0 Å². The van der Waals surface area contributed by atoms with Crippen LogP contribution in [0.15, 0.2) is 18.2 Å². The van der Waals surface area contributed by atoms with Crippen molar-refractivity contribution in [3.63, 3.8) is 0 Å². The summed E-state index contributed by atoms with van der Waals surface area (Å²) in [6, 6.07) is 4.41. The summed E-state index contributed by atoms with van der Waals surface area (Å²) in [5, 5.41) is 16.3. The van der Waals surface area contributed by atoms with E-state index < -0.39 is 4.92 Å². The van der Waals surface area contributed by atoms with Crippen LogP contribution in [0.5, 0.6) is 5.75 Å². The van der Waals surface area contributed by atoms with Crippen LogP contribution in [-0.2, 0) is 4.79 Å². The van der Waals surface area contributed by atoms with Crippen molar-refractivity contribution in [1.82, 2.24) is 5.32 Å². The molecule has 7 heteroatoms. The third kappa shape index (κ3) is 4.28. The Hall–Kier alpha value is -2.31. The third-order valence-electron chi connectivity index (χ3n) is 2.17. The summed E-state index contributed by atoms with van der Waals surface area (Å²) in [6.07, 6.45) is 0. The maximum atomic E-state index is 10.7. The number of ether oxygens (including phenoxy) is 1. The first-order chi connectivity index (χ1) is 8.52. The van der Waals surface area contributed by atoms with E-state index in [4.69, 9.17) is 4.74 Å². The summed E-state index contributed by atoms with van der Waals surface area (Å²) in [5.41, 5.74) is 0.530. The van der Waals surface area contributed by atoms with E-state index in [1.165, 1.54) is 26.2 Å². The maximum Gasteiger partial charge on any atom is 0.275 e. The highest BCUT2D eigenvalue weighted by Crippen LogP contribution is 2.25. The molecule has 1 amide bonds. The lowest BCUT2D eigenvalue weighted by atomic mass is 10.2. The summed E-state index contributed by atoms with van der Waals surface area (Å²) in [5.74, 6) is 0.291. The molecule has 7 nitrogen and oxygen atoms in total. The van der Waals surface area contributed by atoms with E-state index in [0.29, 0.717) is 24.5 Å². The number of carbonyl (C=O) groups is 1. The Morgan fingerprint density at radius 1 is 1.39 bits per heavy atom. The highest BCUT2D eigenvalue weighted by atomic mass is 16.6. The number of carbonyl (C=O) groups excluding carboxylic acids is 1. The number of nitro groups is 1.